The topological polar surface area (TPSA) is 24.4 Å². The maximum absolute atomic E-state index is 12.8. The lowest BCUT2D eigenvalue weighted by Crippen LogP contribution is -2.31. The molecule has 0 saturated heterocycles. The van der Waals surface area contributed by atoms with E-state index in [4.69, 9.17) is 0 Å². The highest BCUT2D eigenvalue weighted by Crippen LogP contribution is 2.19. The van der Waals surface area contributed by atoms with E-state index in [0.717, 1.165) is 23.7 Å². The molecule has 2 nitrogen and oxygen atoms in total. The smallest absolute Gasteiger partial charge is 0.157 e. The summed E-state index contributed by atoms with van der Waals surface area (Å²) in [5, 5.41) is 5.01. The van der Waals surface area contributed by atoms with Crippen LogP contribution in [0.15, 0.2) is 29.3 Å². The molecule has 0 fully saturated rings. The monoisotopic (exact) mass is 252 g/mol. The van der Waals surface area contributed by atoms with Crippen molar-refractivity contribution >= 4 is 16.9 Å². The molecular formula is C13H17FN2S. The molecule has 0 bridgehead atoms. The Kier molecular flexibility index (Phi) is 4.05. The van der Waals surface area contributed by atoms with Crippen LogP contribution in [0.5, 0.6) is 0 Å². The van der Waals surface area contributed by atoms with Crippen molar-refractivity contribution in [3.05, 3.63) is 35.6 Å². The zero-order valence-electron chi connectivity index (χ0n) is 10.1. The van der Waals surface area contributed by atoms with E-state index >= 15 is 0 Å². The van der Waals surface area contributed by atoms with E-state index in [2.05, 4.69) is 24.2 Å². The van der Waals surface area contributed by atoms with E-state index in [-0.39, 0.29) is 5.82 Å². The Balaban J connectivity index is 1.85. The molecule has 0 aromatic heterocycles. The average molecular weight is 252 g/mol. The van der Waals surface area contributed by atoms with Gasteiger partial charge >= 0.3 is 0 Å². The van der Waals surface area contributed by atoms with E-state index in [0.29, 0.717) is 11.3 Å². The minimum atomic E-state index is -0.182. The van der Waals surface area contributed by atoms with Crippen LogP contribution in [0.4, 0.5) is 4.39 Å². The van der Waals surface area contributed by atoms with Gasteiger partial charge in [0.05, 0.1) is 6.54 Å². The number of benzene rings is 1. The van der Waals surface area contributed by atoms with Gasteiger partial charge in [0.1, 0.15) is 5.82 Å². The number of aliphatic imine (C=N–C) groups is 1. The summed E-state index contributed by atoms with van der Waals surface area (Å²) in [4.78, 5) is 4.42. The second-order valence-corrected chi connectivity index (χ2v) is 5.88. The van der Waals surface area contributed by atoms with Gasteiger partial charge in [0.15, 0.2) is 5.17 Å². The lowest BCUT2D eigenvalue weighted by Gasteiger charge is -2.14. The van der Waals surface area contributed by atoms with Gasteiger partial charge in [0.25, 0.3) is 0 Å². The molecule has 1 aliphatic rings. The molecule has 4 heteroatoms. The second kappa shape index (κ2) is 5.54. The molecular weight excluding hydrogens is 235 g/mol. The first-order valence-corrected chi connectivity index (χ1v) is 6.73. The van der Waals surface area contributed by atoms with Crippen molar-refractivity contribution in [3.63, 3.8) is 0 Å². The summed E-state index contributed by atoms with van der Waals surface area (Å²) in [7, 11) is 0. The first-order chi connectivity index (χ1) is 8.13. The second-order valence-electron chi connectivity index (χ2n) is 4.45. The first-order valence-electron chi connectivity index (χ1n) is 5.85. The summed E-state index contributed by atoms with van der Waals surface area (Å²) in [6.07, 6.45) is 0.883. The largest absolute Gasteiger partial charge is 0.362 e. The standard InChI is InChI=1S/C13H17FN2S/c1-9(16-13-15-8-10(2)17-13)7-11-3-5-12(14)6-4-11/h3-6,9-10H,7-8H2,1-2H3,(H,15,16). The van der Waals surface area contributed by atoms with Crippen molar-refractivity contribution in [1.29, 1.82) is 0 Å². The fourth-order valence-corrected chi connectivity index (χ4v) is 2.74. The number of halogens is 1. The average Bonchev–Trinajstić information content (AvgIpc) is 2.67. The van der Waals surface area contributed by atoms with Gasteiger partial charge < -0.3 is 5.32 Å². The van der Waals surface area contributed by atoms with Crippen LogP contribution in [0, 0.1) is 5.82 Å². The molecule has 0 aliphatic carbocycles. The predicted octanol–water partition coefficient (Wildman–Crippen LogP) is 2.84. The van der Waals surface area contributed by atoms with Crippen LogP contribution in [0.3, 0.4) is 0 Å². The Labute approximate surface area is 106 Å². The van der Waals surface area contributed by atoms with Crippen LogP contribution in [0.2, 0.25) is 0 Å². The lowest BCUT2D eigenvalue weighted by atomic mass is 10.1. The summed E-state index contributed by atoms with van der Waals surface area (Å²) in [6, 6.07) is 6.99. The molecule has 0 amide bonds. The fraction of sp³-hybridized carbons (Fsp3) is 0.462. The van der Waals surface area contributed by atoms with Gasteiger partial charge in [-0.05, 0) is 31.0 Å². The van der Waals surface area contributed by atoms with Gasteiger partial charge in [-0.2, -0.15) is 0 Å². The molecule has 0 radical (unpaired) electrons. The number of amidine groups is 1. The summed E-state index contributed by atoms with van der Waals surface area (Å²) < 4.78 is 12.8. The van der Waals surface area contributed by atoms with Crippen molar-refractivity contribution in [1.82, 2.24) is 5.32 Å². The van der Waals surface area contributed by atoms with E-state index in [9.17, 15) is 4.39 Å². The quantitative estimate of drug-likeness (QED) is 0.894. The van der Waals surface area contributed by atoms with Crippen molar-refractivity contribution in [2.45, 2.75) is 31.6 Å². The highest BCUT2D eigenvalue weighted by atomic mass is 32.2. The molecule has 1 aromatic carbocycles. The summed E-state index contributed by atoms with van der Waals surface area (Å²) in [5.74, 6) is -0.182. The minimum absolute atomic E-state index is 0.182. The highest BCUT2D eigenvalue weighted by Gasteiger charge is 2.16. The Bertz CT molecular complexity index is 402. The van der Waals surface area contributed by atoms with Gasteiger partial charge in [0.2, 0.25) is 0 Å². The molecule has 0 spiro atoms. The maximum Gasteiger partial charge on any atom is 0.157 e. The Hall–Kier alpha value is -1.03. The van der Waals surface area contributed by atoms with Crippen LogP contribution in [0.1, 0.15) is 19.4 Å². The number of rotatable bonds is 3. The Morgan fingerprint density at radius 2 is 2.18 bits per heavy atom. The van der Waals surface area contributed by atoms with Gasteiger partial charge in [-0.15, -0.1) is 0 Å². The Morgan fingerprint density at radius 3 is 2.76 bits per heavy atom. The molecule has 1 heterocycles. The molecule has 0 saturated carbocycles. The third kappa shape index (κ3) is 3.73. The van der Waals surface area contributed by atoms with Crippen molar-refractivity contribution in [2.24, 2.45) is 4.99 Å². The maximum atomic E-state index is 12.8. The van der Waals surface area contributed by atoms with Crippen LogP contribution in [0.25, 0.3) is 0 Å². The molecule has 2 rings (SSSR count). The molecule has 1 aliphatic heterocycles. The number of thioether (sulfide) groups is 1. The van der Waals surface area contributed by atoms with Crippen molar-refractivity contribution < 1.29 is 4.39 Å². The lowest BCUT2D eigenvalue weighted by molar-refractivity contribution is 0.623. The molecule has 1 N–H and O–H groups in total. The van der Waals surface area contributed by atoms with Crippen LogP contribution in [-0.2, 0) is 6.42 Å². The van der Waals surface area contributed by atoms with E-state index in [1.807, 2.05) is 12.1 Å². The SMILES string of the molecule is CC(Cc1ccc(F)cc1)NC1=NCC(C)S1. The van der Waals surface area contributed by atoms with Gasteiger partial charge in [0, 0.05) is 11.3 Å². The highest BCUT2D eigenvalue weighted by molar-refractivity contribution is 8.14. The van der Waals surface area contributed by atoms with Gasteiger partial charge in [-0.25, -0.2) is 4.39 Å². The van der Waals surface area contributed by atoms with E-state index < -0.39 is 0 Å². The van der Waals surface area contributed by atoms with E-state index in [1.54, 1.807) is 11.8 Å². The summed E-state index contributed by atoms with van der Waals surface area (Å²) in [5.41, 5.74) is 1.14. The number of hydrogen-bond acceptors (Lipinski definition) is 3. The first kappa shape index (κ1) is 12.4. The molecule has 17 heavy (non-hydrogen) atoms. The number of nitrogens with zero attached hydrogens (tertiary/aromatic N) is 1. The third-order valence-electron chi connectivity index (χ3n) is 2.63. The summed E-state index contributed by atoms with van der Waals surface area (Å²) in [6.45, 7) is 5.19. The van der Waals surface area contributed by atoms with Crippen molar-refractivity contribution in [2.75, 3.05) is 6.54 Å². The number of hydrogen-bond donors (Lipinski definition) is 1. The normalized spacial score (nSPS) is 21.1. The molecule has 2 unspecified atom stereocenters. The third-order valence-corrected chi connectivity index (χ3v) is 3.65. The van der Waals surface area contributed by atoms with Crippen LogP contribution < -0.4 is 5.32 Å². The molecule has 1 aromatic rings. The van der Waals surface area contributed by atoms with E-state index in [1.165, 1.54) is 12.1 Å². The number of nitrogens with one attached hydrogen (secondary N) is 1. The van der Waals surface area contributed by atoms with Crippen LogP contribution >= 0.6 is 11.8 Å². The van der Waals surface area contributed by atoms with Crippen molar-refractivity contribution in [3.8, 4) is 0 Å². The van der Waals surface area contributed by atoms with Gasteiger partial charge in [-0.1, -0.05) is 30.8 Å². The van der Waals surface area contributed by atoms with Crippen LogP contribution in [-0.4, -0.2) is 23.0 Å². The molecule has 92 valence electrons. The zero-order chi connectivity index (χ0) is 12.3. The predicted molar refractivity (Wildman–Crippen MR) is 72.1 cm³/mol. The minimum Gasteiger partial charge on any atom is -0.362 e. The zero-order valence-corrected chi connectivity index (χ0v) is 10.9. The Morgan fingerprint density at radius 1 is 1.47 bits per heavy atom. The molecule has 2 atom stereocenters. The van der Waals surface area contributed by atoms with Gasteiger partial charge in [-0.3, -0.25) is 4.99 Å². The summed E-state index contributed by atoms with van der Waals surface area (Å²) >= 11 is 1.79. The fourth-order valence-electron chi connectivity index (χ4n) is 1.79.